The summed E-state index contributed by atoms with van der Waals surface area (Å²) in [5, 5.41) is 8.75. The first-order chi connectivity index (χ1) is 8.86. The molecule has 0 saturated heterocycles. The Hall–Kier alpha value is -1.89. The Bertz CT molecular complexity index is 650. The molecule has 0 unspecified atom stereocenters. The van der Waals surface area contributed by atoms with Crippen molar-refractivity contribution in [1.29, 1.82) is 0 Å². The van der Waals surface area contributed by atoms with Crippen molar-refractivity contribution in [3.63, 3.8) is 0 Å². The summed E-state index contributed by atoms with van der Waals surface area (Å²) in [7, 11) is -3.45. The van der Waals surface area contributed by atoms with Crippen LogP contribution in [0, 0.1) is 0 Å². The Morgan fingerprint density at radius 2 is 2.05 bits per heavy atom. The van der Waals surface area contributed by atoms with E-state index in [2.05, 4.69) is 0 Å². The highest BCUT2D eigenvalue weighted by molar-refractivity contribution is 7.91. The molecule has 0 bridgehead atoms. The highest BCUT2D eigenvalue weighted by Crippen LogP contribution is 2.31. The van der Waals surface area contributed by atoms with Crippen molar-refractivity contribution < 1.29 is 23.1 Å². The van der Waals surface area contributed by atoms with Crippen LogP contribution in [0.25, 0.3) is 0 Å². The van der Waals surface area contributed by atoms with E-state index in [1.165, 1.54) is 12.1 Å². The maximum Gasteiger partial charge on any atom is 0.394 e. The molecule has 1 heterocycles. The number of nitrogens with zero attached hydrogens (tertiary/aromatic N) is 1. The van der Waals surface area contributed by atoms with Crippen LogP contribution in [0.4, 0.5) is 5.69 Å². The Kier molecular flexibility index (Phi) is 3.32. The Morgan fingerprint density at radius 3 is 2.63 bits per heavy atom. The standard InChI is InChI=1S/C12H13NO5S/c1-2-8-3-4-9-10(7-8)19(17,18)6-5-13(9)11(14)12(15)16/h3-4,7H,2,5-6H2,1H3,(H,15,16). The van der Waals surface area contributed by atoms with E-state index >= 15 is 0 Å². The first-order valence-electron chi connectivity index (χ1n) is 5.77. The number of amides is 1. The van der Waals surface area contributed by atoms with Crippen LogP contribution in [-0.2, 0) is 25.8 Å². The molecule has 1 aromatic rings. The fourth-order valence-corrected chi connectivity index (χ4v) is 3.49. The summed E-state index contributed by atoms with van der Waals surface area (Å²) in [6.45, 7) is 1.75. The third-order valence-corrected chi connectivity index (χ3v) is 4.79. The summed E-state index contributed by atoms with van der Waals surface area (Å²) >= 11 is 0. The number of rotatable bonds is 1. The van der Waals surface area contributed by atoms with Gasteiger partial charge in [-0.3, -0.25) is 4.79 Å². The Labute approximate surface area is 110 Å². The van der Waals surface area contributed by atoms with Crippen LogP contribution in [0.3, 0.4) is 0 Å². The van der Waals surface area contributed by atoms with E-state index in [0.717, 1.165) is 10.5 Å². The topological polar surface area (TPSA) is 91.8 Å². The molecule has 6 nitrogen and oxygen atoms in total. The molecule has 0 aliphatic carbocycles. The lowest BCUT2D eigenvalue weighted by Gasteiger charge is -2.28. The van der Waals surface area contributed by atoms with Crippen LogP contribution in [0.2, 0.25) is 0 Å². The minimum atomic E-state index is -3.45. The number of fused-ring (bicyclic) bond motifs is 1. The number of aryl methyl sites for hydroxylation is 1. The van der Waals surface area contributed by atoms with E-state index in [-0.39, 0.29) is 22.9 Å². The number of carboxylic acids is 1. The van der Waals surface area contributed by atoms with Crippen LogP contribution < -0.4 is 4.90 Å². The average molecular weight is 283 g/mol. The maximum atomic E-state index is 12.0. The largest absolute Gasteiger partial charge is 0.474 e. The van der Waals surface area contributed by atoms with Crippen molar-refractivity contribution >= 4 is 27.4 Å². The van der Waals surface area contributed by atoms with Gasteiger partial charge in [-0.2, -0.15) is 0 Å². The molecule has 19 heavy (non-hydrogen) atoms. The van der Waals surface area contributed by atoms with Gasteiger partial charge in [-0.05, 0) is 24.1 Å². The minimum absolute atomic E-state index is 0.0349. The third-order valence-electron chi connectivity index (χ3n) is 3.07. The monoisotopic (exact) mass is 283 g/mol. The molecule has 0 aromatic heterocycles. The van der Waals surface area contributed by atoms with Crippen LogP contribution in [0.15, 0.2) is 23.1 Å². The van der Waals surface area contributed by atoms with Crippen LogP contribution >= 0.6 is 0 Å². The molecular formula is C12H13NO5S. The van der Waals surface area contributed by atoms with Gasteiger partial charge in [-0.25, -0.2) is 13.2 Å². The predicted octanol–water partition coefficient (Wildman–Crippen LogP) is 0.454. The smallest absolute Gasteiger partial charge is 0.394 e. The summed E-state index contributed by atoms with van der Waals surface area (Å²) in [4.78, 5) is 23.3. The average Bonchev–Trinajstić information content (AvgIpc) is 2.37. The molecule has 7 heteroatoms. The van der Waals surface area contributed by atoms with Gasteiger partial charge in [0.1, 0.15) is 0 Å². The number of carboxylic acid groups (broad SMARTS) is 1. The number of benzene rings is 1. The van der Waals surface area contributed by atoms with Crippen LogP contribution in [-0.4, -0.2) is 37.7 Å². The number of hydrogen-bond donors (Lipinski definition) is 1. The van der Waals surface area contributed by atoms with Gasteiger partial charge in [0, 0.05) is 6.54 Å². The lowest BCUT2D eigenvalue weighted by Crippen LogP contribution is -2.43. The summed E-state index contributed by atoms with van der Waals surface area (Å²) < 4.78 is 24.0. The van der Waals surface area contributed by atoms with E-state index in [0.29, 0.717) is 6.42 Å². The van der Waals surface area contributed by atoms with E-state index in [1.54, 1.807) is 6.07 Å². The van der Waals surface area contributed by atoms with Gasteiger partial charge in [-0.15, -0.1) is 0 Å². The lowest BCUT2D eigenvalue weighted by atomic mass is 10.1. The minimum Gasteiger partial charge on any atom is -0.474 e. The number of carbonyl (C=O) groups is 2. The zero-order valence-electron chi connectivity index (χ0n) is 10.3. The highest BCUT2D eigenvalue weighted by Gasteiger charge is 2.34. The summed E-state index contributed by atoms with van der Waals surface area (Å²) in [5.41, 5.74) is 0.975. The fourth-order valence-electron chi connectivity index (χ4n) is 2.02. The van der Waals surface area contributed by atoms with E-state index in [1.807, 2.05) is 6.92 Å². The van der Waals surface area contributed by atoms with Gasteiger partial charge in [0.25, 0.3) is 0 Å². The van der Waals surface area contributed by atoms with Crippen LogP contribution in [0.5, 0.6) is 0 Å². The van der Waals surface area contributed by atoms with Gasteiger partial charge in [0.05, 0.1) is 16.3 Å². The van der Waals surface area contributed by atoms with E-state index in [9.17, 15) is 18.0 Å². The Balaban J connectivity index is 2.59. The number of hydrogen-bond acceptors (Lipinski definition) is 4. The summed E-state index contributed by atoms with van der Waals surface area (Å²) in [6.07, 6.45) is 0.662. The second kappa shape index (κ2) is 4.65. The first kappa shape index (κ1) is 13.5. The first-order valence-corrected chi connectivity index (χ1v) is 7.42. The zero-order valence-corrected chi connectivity index (χ0v) is 11.1. The summed E-state index contributed by atoms with van der Waals surface area (Å²) in [6, 6.07) is 4.69. The fraction of sp³-hybridized carbons (Fsp3) is 0.333. The third kappa shape index (κ3) is 2.33. The lowest BCUT2D eigenvalue weighted by molar-refractivity contribution is -0.148. The molecule has 1 amide bonds. The molecule has 0 fully saturated rings. The highest BCUT2D eigenvalue weighted by atomic mass is 32.2. The van der Waals surface area contributed by atoms with Gasteiger partial charge in [-0.1, -0.05) is 13.0 Å². The quantitative estimate of drug-likeness (QED) is 0.756. The maximum absolute atomic E-state index is 12.0. The number of aliphatic carboxylic acids is 1. The molecule has 102 valence electrons. The molecule has 1 aromatic carbocycles. The number of anilines is 1. The van der Waals surface area contributed by atoms with Crippen LogP contribution in [0.1, 0.15) is 12.5 Å². The molecule has 2 rings (SSSR count). The van der Waals surface area contributed by atoms with Gasteiger partial charge in [0.2, 0.25) is 0 Å². The molecule has 0 atom stereocenters. The van der Waals surface area contributed by atoms with Crippen molar-refractivity contribution in [2.24, 2.45) is 0 Å². The van der Waals surface area contributed by atoms with Crippen molar-refractivity contribution in [2.45, 2.75) is 18.2 Å². The van der Waals surface area contributed by atoms with E-state index < -0.39 is 21.7 Å². The normalized spacial score (nSPS) is 16.8. The molecule has 0 spiro atoms. The van der Waals surface area contributed by atoms with Crippen molar-refractivity contribution in [1.82, 2.24) is 0 Å². The number of carbonyl (C=O) groups excluding carboxylic acids is 1. The molecule has 1 aliphatic heterocycles. The molecule has 1 N–H and O–H groups in total. The van der Waals surface area contributed by atoms with Gasteiger partial charge in [0.15, 0.2) is 9.84 Å². The van der Waals surface area contributed by atoms with Gasteiger partial charge < -0.3 is 10.0 Å². The van der Waals surface area contributed by atoms with Crippen molar-refractivity contribution in [3.05, 3.63) is 23.8 Å². The second-order valence-corrected chi connectivity index (χ2v) is 6.31. The van der Waals surface area contributed by atoms with Crippen molar-refractivity contribution in [3.8, 4) is 0 Å². The van der Waals surface area contributed by atoms with Crippen molar-refractivity contribution in [2.75, 3.05) is 17.2 Å². The van der Waals surface area contributed by atoms with E-state index in [4.69, 9.17) is 5.11 Å². The second-order valence-electron chi connectivity index (χ2n) is 4.24. The molecule has 0 radical (unpaired) electrons. The molecule has 0 saturated carbocycles. The summed E-state index contributed by atoms with van der Waals surface area (Å²) in [5.74, 6) is -2.96. The SMILES string of the molecule is CCc1ccc2c(c1)S(=O)(=O)CCN2C(=O)C(=O)O. The molecular weight excluding hydrogens is 270 g/mol. The van der Waals surface area contributed by atoms with Gasteiger partial charge >= 0.3 is 11.9 Å². The predicted molar refractivity (Wildman–Crippen MR) is 67.9 cm³/mol. The molecule has 1 aliphatic rings. The Morgan fingerprint density at radius 1 is 1.37 bits per heavy atom. The number of sulfone groups is 1. The zero-order chi connectivity index (χ0) is 14.2.